The summed E-state index contributed by atoms with van der Waals surface area (Å²) in [5.74, 6) is 1.86. The molecule has 23 heavy (non-hydrogen) atoms. The van der Waals surface area contributed by atoms with Crippen molar-refractivity contribution in [2.45, 2.75) is 45.1 Å². The predicted molar refractivity (Wildman–Crippen MR) is 94.0 cm³/mol. The number of likely N-dealkylation sites (tertiary alicyclic amines) is 1. The summed E-state index contributed by atoms with van der Waals surface area (Å²) in [6.45, 7) is 3.18. The molecule has 5 nitrogen and oxygen atoms in total. The van der Waals surface area contributed by atoms with Crippen LogP contribution in [0.1, 0.15) is 41.9 Å². The summed E-state index contributed by atoms with van der Waals surface area (Å²) in [4.78, 5) is 20.3. The highest BCUT2D eigenvalue weighted by atomic mass is 32.1. The second-order valence-corrected chi connectivity index (χ2v) is 7.60. The van der Waals surface area contributed by atoms with Crippen LogP contribution in [0, 0.1) is 0 Å². The lowest BCUT2D eigenvalue weighted by Gasteiger charge is -2.26. The fraction of sp³-hybridized carbons (Fsp3) is 0.647. The van der Waals surface area contributed by atoms with E-state index in [4.69, 9.17) is 14.8 Å². The van der Waals surface area contributed by atoms with Gasteiger partial charge in [0.2, 0.25) is 0 Å². The number of fused-ring (bicyclic) bond motifs is 3. The van der Waals surface area contributed by atoms with Crippen LogP contribution in [0.15, 0.2) is 0 Å². The molecule has 2 aromatic heterocycles. The summed E-state index contributed by atoms with van der Waals surface area (Å²) in [6, 6.07) is 0. The first-order chi connectivity index (χ1) is 11.3. The lowest BCUT2D eigenvalue weighted by molar-refractivity contribution is 0.182. The van der Waals surface area contributed by atoms with Crippen molar-refractivity contribution in [3.8, 4) is 0 Å². The molecular formula is C17H24N4OS. The molecule has 3 heterocycles. The van der Waals surface area contributed by atoms with Crippen LogP contribution in [0.2, 0.25) is 0 Å². The normalized spacial score (nSPS) is 18.5. The molecule has 0 atom stereocenters. The van der Waals surface area contributed by atoms with Gasteiger partial charge in [-0.25, -0.2) is 15.0 Å². The number of aromatic nitrogens is 2. The van der Waals surface area contributed by atoms with Crippen molar-refractivity contribution in [2.24, 2.45) is 0 Å². The zero-order chi connectivity index (χ0) is 15.8. The average molecular weight is 332 g/mol. The van der Waals surface area contributed by atoms with E-state index in [9.17, 15) is 0 Å². The summed E-state index contributed by atoms with van der Waals surface area (Å²) >= 11 is 1.85. The highest BCUT2D eigenvalue weighted by Gasteiger charge is 2.24. The molecule has 0 saturated carbocycles. The molecule has 2 aromatic rings. The minimum atomic E-state index is 0.850. The predicted octanol–water partition coefficient (Wildman–Crippen LogP) is 3.16. The third-order valence-corrected chi connectivity index (χ3v) is 6.16. The first-order valence-corrected chi connectivity index (χ1v) is 9.39. The first-order valence-electron chi connectivity index (χ1n) is 8.57. The molecule has 2 aliphatic rings. The standard InChI is InChI=1S/C17H24N4OS/c1-20(22-2)16-15-12-7-6-8-13(12)23-17(15)19-14(18-16)11-21-9-4-3-5-10-21/h3-11H2,1-2H3. The summed E-state index contributed by atoms with van der Waals surface area (Å²) in [5, 5.41) is 3.00. The van der Waals surface area contributed by atoms with Gasteiger partial charge in [-0.2, -0.15) is 0 Å². The van der Waals surface area contributed by atoms with E-state index in [1.165, 1.54) is 47.9 Å². The van der Waals surface area contributed by atoms with Crippen molar-refractivity contribution < 1.29 is 4.84 Å². The van der Waals surface area contributed by atoms with Crippen LogP contribution in [0.3, 0.4) is 0 Å². The minimum absolute atomic E-state index is 0.850. The maximum Gasteiger partial charge on any atom is 0.164 e. The number of hydrogen-bond donors (Lipinski definition) is 0. The molecule has 1 aliphatic carbocycles. The molecule has 0 unspecified atom stereocenters. The summed E-state index contributed by atoms with van der Waals surface area (Å²) in [6.07, 6.45) is 7.53. The van der Waals surface area contributed by atoms with Gasteiger partial charge in [-0.15, -0.1) is 11.3 Å². The zero-order valence-electron chi connectivity index (χ0n) is 14.0. The quantitative estimate of drug-likeness (QED) is 0.805. The molecule has 1 saturated heterocycles. The average Bonchev–Trinajstić information content (AvgIpc) is 3.15. The number of aryl methyl sites for hydroxylation is 2. The maximum absolute atomic E-state index is 5.45. The molecule has 4 rings (SSSR count). The van der Waals surface area contributed by atoms with E-state index in [-0.39, 0.29) is 0 Å². The molecule has 0 N–H and O–H groups in total. The van der Waals surface area contributed by atoms with Gasteiger partial charge in [-0.3, -0.25) is 9.74 Å². The minimum Gasteiger partial charge on any atom is -0.296 e. The van der Waals surface area contributed by atoms with E-state index in [0.717, 1.165) is 42.5 Å². The van der Waals surface area contributed by atoms with Crippen molar-refractivity contribution in [3.05, 3.63) is 16.3 Å². The van der Waals surface area contributed by atoms with Crippen LogP contribution in [0.5, 0.6) is 0 Å². The maximum atomic E-state index is 5.45. The topological polar surface area (TPSA) is 41.5 Å². The van der Waals surface area contributed by atoms with Gasteiger partial charge in [-0.05, 0) is 50.8 Å². The second kappa shape index (κ2) is 6.34. The van der Waals surface area contributed by atoms with Crippen molar-refractivity contribution in [1.29, 1.82) is 0 Å². The summed E-state index contributed by atoms with van der Waals surface area (Å²) in [7, 11) is 3.64. The number of thiophene rings is 1. The van der Waals surface area contributed by atoms with Crippen LogP contribution in [-0.4, -0.2) is 42.1 Å². The highest BCUT2D eigenvalue weighted by molar-refractivity contribution is 7.19. The van der Waals surface area contributed by atoms with Crippen LogP contribution >= 0.6 is 11.3 Å². The van der Waals surface area contributed by atoms with Gasteiger partial charge in [0.05, 0.1) is 19.0 Å². The van der Waals surface area contributed by atoms with E-state index < -0.39 is 0 Å². The summed E-state index contributed by atoms with van der Waals surface area (Å²) in [5.41, 5.74) is 1.45. The Morgan fingerprint density at radius 3 is 2.74 bits per heavy atom. The van der Waals surface area contributed by atoms with Crippen LogP contribution in [0.25, 0.3) is 10.2 Å². The van der Waals surface area contributed by atoms with Gasteiger partial charge in [0.15, 0.2) is 5.82 Å². The second-order valence-electron chi connectivity index (χ2n) is 6.52. The zero-order valence-corrected chi connectivity index (χ0v) is 14.8. The molecule has 6 heteroatoms. The van der Waals surface area contributed by atoms with Crippen molar-refractivity contribution in [2.75, 3.05) is 32.3 Å². The molecule has 0 radical (unpaired) electrons. The van der Waals surface area contributed by atoms with Crippen LogP contribution in [0.4, 0.5) is 5.82 Å². The first kappa shape index (κ1) is 15.3. The molecule has 1 fully saturated rings. The summed E-state index contributed by atoms with van der Waals surface area (Å²) < 4.78 is 0. The molecule has 0 bridgehead atoms. The fourth-order valence-corrected chi connectivity index (χ4v) is 5.00. The number of hydrogen-bond acceptors (Lipinski definition) is 6. The Kier molecular flexibility index (Phi) is 4.22. The van der Waals surface area contributed by atoms with Crippen molar-refractivity contribution >= 4 is 27.4 Å². The van der Waals surface area contributed by atoms with Crippen LogP contribution < -0.4 is 5.06 Å². The number of rotatable bonds is 4. The number of piperidine rings is 1. The third kappa shape index (κ3) is 2.84. The Labute approximate surface area is 141 Å². The largest absolute Gasteiger partial charge is 0.296 e. The van der Waals surface area contributed by atoms with E-state index in [1.807, 2.05) is 18.4 Å². The van der Waals surface area contributed by atoms with Gasteiger partial charge in [-0.1, -0.05) is 6.42 Å². The molecule has 124 valence electrons. The number of anilines is 1. The SMILES string of the molecule is CON(C)c1nc(CN2CCCCC2)nc2sc3c(c12)CCC3. The Morgan fingerprint density at radius 1 is 1.13 bits per heavy atom. The smallest absolute Gasteiger partial charge is 0.164 e. The molecule has 1 aliphatic heterocycles. The van der Waals surface area contributed by atoms with Crippen molar-refractivity contribution in [3.63, 3.8) is 0 Å². The number of nitrogens with zero attached hydrogens (tertiary/aromatic N) is 4. The molecular weight excluding hydrogens is 308 g/mol. The molecule has 0 amide bonds. The Morgan fingerprint density at radius 2 is 1.96 bits per heavy atom. The highest BCUT2D eigenvalue weighted by Crippen LogP contribution is 2.40. The Hall–Kier alpha value is -1.24. The number of hydroxylamine groups is 1. The van der Waals surface area contributed by atoms with Gasteiger partial charge in [0.25, 0.3) is 0 Å². The Bertz CT molecular complexity index is 708. The third-order valence-electron chi connectivity index (χ3n) is 4.98. The van der Waals surface area contributed by atoms with Gasteiger partial charge >= 0.3 is 0 Å². The van der Waals surface area contributed by atoms with E-state index in [2.05, 4.69) is 4.90 Å². The van der Waals surface area contributed by atoms with Crippen molar-refractivity contribution in [1.82, 2.24) is 14.9 Å². The lowest BCUT2D eigenvalue weighted by atomic mass is 10.1. The fourth-order valence-electron chi connectivity index (χ4n) is 3.72. The van der Waals surface area contributed by atoms with Gasteiger partial charge in [0, 0.05) is 11.9 Å². The van der Waals surface area contributed by atoms with E-state index >= 15 is 0 Å². The molecule has 0 aromatic carbocycles. The molecule has 0 spiro atoms. The van der Waals surface area contributed by atoms with Gasteiger partial charge < -0.3 is 0 Å². The Balaban J connectivity index is 1.74. The van der Waals surface area contributed by atoms with E-state index in [1.54, 1.807) is 12.2 Å². The van der Waals surface area contributed by atoms with Crippen LogP contribution in [-0.2, 0) is 24.2 Å². The monoisotopic (exact) mass is 332 g/mol. The van der Waals surface area contributed by atoms with E-state index in [0.29, 0.717) is 0 Å². The lowest BCUT2D eigenvalue weighted by Crippen LogP contribution is -2.30. The van der Waals surface area contributed by atoms with Gasteiger partial charge in [0.1, 0.15) is 10.7 Å².